The molecule has 2 aromatic rings. The van der Waals surface area contributed by atoms with E-state index in [1.807, 2.05) is 37.3 Å². The molecule has 0 aromatic heterocycles. The molecule has 1 unspecified atom stereocenters. The van der Waals surface area contributed by atoms with Crippen LogP contribution in [0.4, 0.5) is 5.69 Å². The Balaban J connectivity index is 1.77. The van der Waals surface area contributed by atoms with Gasteiger partial charge < -0.3 is 5.32 Å². The second-order valence-electron chi connectivity index (χ2n) is 5.78. The lowest BCUT2D eigenvalue weighted by atomic mass is 10.1. The van der Waals surface area contributed by atoms with Gasteiger partial charge in [0.25, 0.3) is 5.91 Å². The van der Waals surface area contributed by atoms with Crippen molar-refractivity contribution in [2.75, 3.05) is 4.90 Å². The van der Waals surface area contributed by atoms with E-state index in [4.69, 9.17) is 0 Å². The molecule has 1 aliphatic heterocycles. The van der Waals surface area contributed by atoms with Gasteiger partial charge in [0, 0.05) is 18.4 Å². The molecule has 1 atom stereocenters. The Morgan fingerprint density at radius 2 is 1.67 bits per heavy atom. The van der Waals surface area contributed by atoms with Crippen LogP contribution in [-0.2, 0) is 9.59 Å². The molecule has 1 heterocycles. The lowest BCUT2D eigenvalue weighted by Crippen LogP contribution is -2.30. The summed E-state index contributed by atoms with van der Waals surface area (Å²) < 4.78 is 0. The van der Waals surface area contributed by atoms with Crippen LogP contribution in [-0.4, -0.2) is 17.7 Å². The predicted octanol–water partition coefficient (Wildman–Crippen LogP) is 2.83. The van der Waals surface area contributed by atoms with Crippen LogP contribution >= 0.6 is 0 Å². The first-order valence-electron chi connectivity index (χ1n) is 7.88. The number of carbonyl (C=O) groups excluding carboxylic acids is 3. The van der Waals surface area contributed by atoms with Crippen LogP contribution in [0.1, 0.15) is 41.7 Å². The van der Waals surface area contributed by atoms with E-state index in [0.717, 1.165) is 10.5 Å². The fraction of sp³-hybridized carbons (Fsp3) is 0.211. The Bertz CT molecular complexity index is 770. The standard InChI is InChI=1S/C19H18N2O3/c1-13(14-6-3-2-4-7-14)20-19(24)15-8-5-9-16(12-15)21-17(22)10-11-18(21)23/h2-9,12-13H,10-11H2,1H3,(H,20,24). The number of hydrogen-bond acceptors (Lipinski definition) is 3. The molecule has 0 radical (unpaired) electrons. The van der Waals surface area contributed by atoms with Crippen LogP contribution in [0.2, 0.25) is 0 Å². The summed E-state index contributed by atoms with van der Waals surface area (Å²) in [5.74, 6) is -0.697. The summed E-state index contributed by atoms with van der Waals surface area (Å²) >= 11 is 0. The fourth-order valence-electron chi connectivity index (χ4n) is 2.76. The number of nitrogens with one attached hydrogen (secondary N) is 1. The molecule has 0 bridgehead atoms. The minimum atomic E-state index is -0.243. The molecule has 1 fully saturated rings. The van der Waals surface area contributed by atoms with Gasteiger partial charge in [-0.05, 0) is 30.7 Å². The molecule has 3 rings (SSSR count). The molecule has 2 aromatic carbocycles. The van der Waals surface area contributed by atoms with Crippen molar-refractivity contribution >= 4 is 23.4 Å². The molecule has 1 N–H and O–H groups in total. The van der Waals surface area contributed by atoms with Gasteiger partial charge in [0.15, 0.2) is 0 Å². The van der Waals surface area contributed by atoms with Crippen molar-refractivity contribution < 1.29 is 14.4 Å². The molecular formula is C19H18N2O3. The van der Waals surface area contributed by atoms with Gasteiger partial charge in [-0.3, -0.25) is 19.3 Å². The maximum Gasteiger partial charge on any atom is 0.251 e. The minimum Gasteiger partial charge on any atom is -0.346 e. The van der Waals surface area contributed by atoms with Gasteiger partial charge in [-0.2, -0.15) is 0 Å². The maximum atomic E-state index is 12.5. The minimum absolute atomic E-state index is 0.141. The third kappa shape index (κ3) is 3.20. The third-order valence-electron chi connectivity index (χ3n) is 4.07. The molecule has 0 aliphatic carbocycles. The lowest BCUT2D eigenvalue weighted by Gasteiger charge is -2.17. The topological polar surface area (TPSA) is 66.5 Å². The van der Waals surface area contributed by atoms with Crippen molar-refractivity contribution in [2.24, 2.45) is 0 Å². The van der Waals surface area contributed by atoms with E-state index >= 15 is 0 Å². The second kappa shape index (κ2) is 6.66. The molecule has 0 saturated carbocycles. The largest absolute Gasteiger partial charge is 0.346 e. The highest BCUT2D eigenvalue weighted by molar-refractivity contribution is 6.20. The van der Waals surface area contributed by atoms with E-state index in [2.05, 4.69) is 5.32 Å². The van der Waals surface area contributed by atoms with Crippen LogP contribution < -0.4 is 10.2 Å². The number of carbonyl (C=O) groups is 3. The summed E-state index contributed by atoms with van der Waals surface area (Å²) in [6.45, 7) is 1.91. The summed E-state index contributed by atoms with van der Waals surface area (Å²) in [6.07, 6.45) is 0.445. The number of benzene rings is 2. The van der Waals surface area contributed by atoms with Crippen molar-refractivity contribution in [1.29, 1.82) is 0 Å². The highest BCUT2D eigenvalue weighted by atomic mass is 16.2. The zero-order valence-electron chi connectivity index (χ0n) is 13.4. The second-order valence-corrected chi connectivity index (χ2v) is 5.78. The number of imide groups is 1. The van der Waals surface area contributed by atoms with E-state index in [1.165, 1.54) is 0 Å². The Hall–Kier alpha value is -2.95. The molecular weight excluding hydrogens is 304 g/mol. The summed E-state index contributed by atoms with van der Waals surface area (Å²) in [5.41, 5.74) is 1.87. The van der Waals surface area contributed by atoms with Crippen LogP contribution in [0.3, 0.4) is 0 Å². The predicted molar refractivity (Wildman–Crippen MR) is 90.5 cm³/mol. The van der Waals surface area contributed by atoms with Crippen LogP contribution in [0.25, 0.3) is 0 Å². The Labute approximate surface area is 140 Å². The van der Waals surface area contributed by atoms with E-state index < -0.39 is 0 Å². The molecule has 1 saturated heterocycles. The van der Waals surface area contributed by atoms with Crippen molar-refractivity contribution in [3.8, 4) is 0 Å². The van der Waals surface area contributed by atoms with E-state index in [9.17, 15) is 14.4 Å². The SMILES string of the molecule is CC(NC(=O)c1cccc(N2C(=O)CCC2=O)c1)c1ccccc1. The van der Waals surface area contributed by atoms with Gasteiger partial charge in [-0.1, -0.05) is 36.4 Å². The lowest BCUT2D eigenvalue weighted by molar-refractivity contribution is -0.121. The average Bonchev–Trinajstić information content (AvgIpc) is 2.94. The summed E-state index contributed by atoms with van der Waals surface area (Å²) in [4.78, 5) is 37.3. The summed E-state index contributed by atoms with van der Waals surface area (Å²) in [6, 6.07) is 16.1. The van der Waals surface area contributed by atoms with Crippen LogP contribution in [0.15, 0.2) is 54.6 Å². The summed E-state index contributed by atoms with van der Waals surface area (Å²) in [5, 5.41) is 2.93. The Morgan fingerprint density at radius 3 is 2.33 bits per heavy atom. The zero-order chi connectivity index (χ0) is 17.1. The molecule has 1 aliphatic rings. The van der Waals surface area contributed by atoms with Crippen molar-refractivity contribution in [1.82, 2.24) is 5.32 Å². The molecule has 5 nitrogen and oxygen atoms in total. The molecule has 3 amide bonds. The first-order valence-corrected chi connectivity index (χ1v) is 7.88. The number of hydrogen-bond donors (Lipinski definition) is 1. The highest BCUT2D eigenvalue weighted by Crippen LogP contribution is 2.23. The third-order valence-corrected chi connectivity index (χ3v) is 4.07. The molecule has 5 heteroatoms. The van der Waals surface area contributed by atoms with E-state index in [-0.39, 0.29) is 36.6 Å². The number of anilines is 1. The Kier molecular flexibility index (Phi) is 4.42. The normalized spacial score (nSPS) is 15.5. The van der Waals surface area contributed by atoms with Crippen molar-refractivity contribution in [3.63, 3.8) is 0 Å². The van der Waals surface area contributed by atoms with Gasteiger partial charge in [0.1, 0.15) is 0 Å². The molecule has 24 heavy (non-hydrogen) atoms. The Morgan fingerprint density at radius 1 is 1.00 bits per heavy atom. The van der Waals surface area contributed by atoms with Gasteiger partial charge in [-0.15, -0.1) is 0 Å². The maximum absolute atomic E-state index is 12.5. The monoisotopic (exact) mass is 322 g/mol. The van der Waals surface area contributed by atoms with Gasteiger partial charge in [-0.25, -0.2) is 0 Å². The van der Waals surface area contributed by atoms with E-state index in [0.29, 0.717) is 11.3 Å². The van der Waals surface area contributed by atoms with Crippen LogP contribution in [0, 0.1) is 0 Å². The fourth-order valence-corrected chi connectivity index (χ4v) is 2.76. The zero-order valence-corrected chi connectivity index (χ0v) is 13.4. The first-order chi connectivity index (χ1) is 11.6. The van der Waals surface area contributed by atoms with Crippen molar-refractivity contribution in [3.05, 3.63) is 65.7 Å². The van der Waals surface area contributed by atoms with Gasteiger partial charge in [0.05, 0.1) is 11.7 Å². The number of amides is 3. The number of rotatable bonds is 4. The first kappa shape index (κ1) is 15.9. The van der Waals surface area contributed by atoms with E-state index in [1.54, 1.807) is 24.3 Å². The average molecular weight is 322 g/mol. The van der Waals surface area contributed by atoms with Gasteiger partial charge in [0.2, 0.25) is 11.8 Å². The quantitative estimate of drug-likeness (QED) is 0.880. The smallest absolute Gasteiger partial charge is 0.251 e. The van der Waals surface area contributed by atoms with Gasteiger partial charge >= 0.3 is 0 Å². The molecule has 0 spiro atoms. The van der Waals surface area contributed by atoms with Crippen LogP contribution in [0.5, 0.6) is 0 Å². The molecule has 122 valence electrons. The highest BCUT2D eigenvalue weighted by Gasteiger charge is 2.30. The number of nitrogens with zero attached hydrogens (tertiary/aromatic N) is 1. The van der Waals surface area contributed by atoms with Crippen molar-refractivity contribution in [2.45, 2.75) is 25.8 Å². The summed E-state index contributed by atoms with van der Waals surface area (Å²) in [7, 11) is 0.